The maximum Gasteiger partial charge on any atom is 0.243 e. The van der Waals surface area contributed by atoms with E-state index < -0.39 is 6.04 Å². The number of carbonyl (C=O) groups is 2. The summed E-state index contributed by atoms with van der Waals surface area (Å²) >= 11 is 0. The van der Waals surface area contributed by atoms with Crippen molar-refractivity contribution < 1.29 is 18.6 Å². The van der Waals surface area contributed by atoms with Crippen LogP contribution in [0, 0.1) is 20.8 Å². The lowest BCUT2D eigenvalue weighted by molar-refractivity contribution is -0.143. The van der Waals surface area contributed by atoms with Gasteiger partial charge in [-0.05, 0) is 27.2 Å². The Morgan fingerprint density at radius 3 is 2.72 bits per heavy atom. The molecule has 1 saturated heterocycles. The number of hydrogen-bond acceptors (Lipinski definition) is 7. The first-order valence-corrected chi connectivity index (χ1v) is 8.24. The minimum Gasteiger partial charge on any atom is -0.361 e. The van der Waals surface area contributed by atoms with Gasteiger partial charge in [0.1, 0.15) is 11.8 Å². The Balaban J connectivity index is 1.69. The zero-order valence-electron chi connectivity index (χ0n) is 14.5. The Kier molecular flexibility index (Phi) is 4.82. The largest absolute Gasteiger partial charge is 0.361 e. The Morgan fingerprint density at radius 2 is 2.08 bits per heavy atom. The molecule has 0 radical (unpaired) electrons. The molecule has 1 atom stereocenters. The van der Waals surface area contributed by atoms with E-state index in [9.17, 15) is 9.59 Å². The summed E-state index contributed by atoms with van der Waals surface area (Å²) in [6, 6.07) is -0.634. The second kappa shape index (κ2) is 7.04. The highest BCUT2D eigenvalue weighted by Gasteiger charge is 2.34. The van der Waals surface area contributed by atoms with E-state index in [1.807, 2.05) is 13.8 Å². The van der Waals surface area contributed by atoms with Gasteiger partial charge in [0.2, 0.25) is 17.7 Å². The van der Waals surface area contributed by atoms with Crippen molar-refractivity contribution in [3.05, 3.63) is 28.7 Å². The lowest BCUT2D eigenvalue weighted by Gasteiger charge is -2.34. The van der Waals surface area contributed by atoms with Crippen molar-refractivity contribution in [1.82, 2.24) is 25.5 Å². The van der Waals surface area contributed by atoms with Crippen LogP contribution in [-0.4, -0.2) is 51.1 Å². The van der Waals surface area contributed by atoms with Crippen molar-refractivity contribution in [2.45, 2.75) is 46.1 Å². The van der Waals surface area contributed by atoms with Crippen LogP contribution in [0.1, 0.15) is 35.2 Å². The van der Waals surface area contributed by atoms with E-state index in [1.165, 1.54) is 0 Å². The summed E-state index contributed by atoms with van der Waals surface area (Å²) in [7, 11) is 0. The highest BCUT2D eigenvalue weighted by molar-refractivity contribution is 5.89. The fraction of sp³-hybridized carbons (Fsp3) is 0.562. The number of rotatable bonds is 5. The third-order valence-electron chi connectivity index (χ3n) is 4.36. The first kappa shape index (κ1) is 17.1. The molecule has 1 aliphatic heterocycles. The molecule has 25 heavy (non-hydrogen) atoms. The number of aromatic nitrogens is 3. The molecule has 0 bridgehead atoms. The van der Waals surface area contributed by atoms with Gasteiger partial charge in [0.15, 0.2) is 5.82 Å². The minimum absolute atomic E-state index is 0.0870. The number of nitrogens with one attached hydrogen (secondary N) is 1. The molecule has 1 unspecified atom stereocenters. The molecule has 1 fully saturated rings. The molecule has 0 aromatic carbocycles. The molecule has 9 nitrogen and oxygen atoms in total. The van der Waals surface area contributed by atoms with Crippen LogP contribution < -0.4 is 5.32 Å². The van der Waals surface area contributed by atoms with E-state index in [1.54, 1.807) is 11.8 Å². The van der Waals surface area contributed by atoms with Crippen molar-refractivity contribution in [1.29, 1.82) is 0 Å². The van der Waals surface area contributed by atoms with E-state index in [4.69, 9.17) is 9.05 Å². The summed E-state index contributed by atoms with van der Waals surface area (Å²) in [4.78, 5) is 30.7. The van der Waals surface area contributed by atoms with Crippen LogP contribution in [0.25, 0.3) is 0 Å². The van der Waals surface area contributed by atoms with Crippen molar-refractivity contribution in [2.24, 2.45) is 0 Å². The molecule has 3 rings (SSSR count). The lowest BCUT2D eigenvalue weighted by Crippen LogP contribution is -2.58. The second-order valence-corrected chi connectivity index (χ2v) is 6.14. The fourth-order valence-corrected chi connectivity index (χ4v) is 3.04. The zero-order valence-corrected chi connectivity index (χ0v) is 14.5. The molecule has 1 N–H and O–H groups in total. The molecular weight excluding hydrogens is 326 g/mol. The van der Waals surface area contributed by atoms with Crippen LogP contribution in [-0.2, 0) is 22.4 Å². The van der Waals surface area contributed by atoms with E-state index >= 15 is 0 Å². The van der Waals surface area contributed by atoms with Gasteiger partial charge in [-0.15, -0.1) is 0 Å². The maximum atomic E-state index is 12.7. The van der Waals surface area contributed by atoms with Crippen molar-refractivity contribution in [3.8, 4) is 0 Å². The van der Waals surface area contributed by atoms with Crippen molar-refractivity contribution >= 4 is 11.8 Å². The molecule has 9 heteroatoms. The fourth-order valence-electron chi connectivity index (χ4n) is 3.04. The predicted molar refractivity (Wildman–Crippen MR) is 85.5 cm³/mol. The summed E-state index contributed by atoms with van der Waals surface area (Å²) in [5, 5.41) is 10.4. The van der Waals surface area contributed by atoms with Crippen LogP contribution in [0.5, 0.6) is 0 Å². The van der Waals surface area contributed by atoms with Crippen LogP contribution in [0.2, 0.25) is 0 Å². The highest BCUT2D eigenvalue weighted by Crippen LogP contribution is 2.17. The Hall–Kier alpha value is -2.71. The molecular formula is C16H21N5O4. The monoisotopic (exact) mass is 347 g/mol. The topological polar surface area (TPSA) is 114 Å². The van der Waals surface area contributed by atoms with Gasteiger partial charge >= 0.3 is 0 Å². The third kappa shape index (κ3) is 3.70. The molecule has 2 aromatic rings. The predicted octanol–water partition coefficient (Wildman–Crippen LogP) is 0.485. The van der Waals surface area contributed by atoms with Crippen LogP contribution >= 0.6 is 0 Å². The molecule has 2 amide bonds. The average Bonchev–Trinajstić information content (AvgIpc) is 3.13. The third-order valence-corrected chi connectivity index (χ3v) is 4.36. The number of carbonyl (C=O) groups excluding carboxylic acids is 2. The number of piperazine rings is 1. The highest BCUT2D eigenvalue weighted by atomic mass is 16.5. The van der Waals surface area contributed by atoms with Gasteiger partial charge in [-0.3, -0.25) is 9.59 Å². The summed E-state index contributed by atoms with van der Waals surface area (Å²) < 4.78 is 10.2. The summed E-state index contributed by atoms with van der Waals surface area (Å²) in [6.07, 6.45) is 1.03. The van der Waals surface area contributed by atoms with Gasteiger partial charge in [0.25, 0.3) is 0 Å². The first-order chi connectivity index (χ1) is 12.0. The molecule has 0 saturated carbocycles. The van der Waals surface area contributed by atoms with E-state index in [0.29, 0.717) is 31.2 Å². The quantitative estimate of drug-likeness (QED) is 0.837. The van der Waals surface area contributed by atoms with Crippen LogP contribution in [0.3, 0.4) is 0 Å². The molecule has 0 aliphatic carbocycles. The molecule has 1 aliphatic rings. The normalized spacial score (nSPS) is 17.6. The molecule has 3 heterocycles. The number of amides is 2. The number of nitrogens with zero attached hydrogens (tertiary/aromatic N) is 4. The SMILES string of the molecule is Cc1noc(CC2C(=O)NCCN2C(=O)CCc2c(C)noc2C)n1. The van der Waals surface area contributed by atoms with Gasteiger partial charge in [0, 0.05) is 25.1 Å². The Morgan fingerprint density at radius 1 is 1.28 bits per heavy atom. The zero-order chi connectivity index (χ0) is 18.0. The standard InChI is InChI=1S/C16H21N5O4/c1-9-12(10(2)24-19-9)4-5-15(22)21-7-6-17-16(23)13(21)8-14-18-11(3)20-25-14/h13H,4-8H2,1-3H3,(H,17,23). The molecule has 134 valence electrons. The average molecular weight is 347 g/mol. The molecule has 0 spiro atoms. The minimum atomic E-state index is -0.634. The maximum absolute atomic E-state index is 12.7. The Bertz CT molecular complexity index is 762. The van der Waals surface area contributed by atoms with Crippen molar-refractivity contribution in [3.63, 3.8) is 0 Å². The molecule has 2 aromatic heterocycles. The Labute approximate surface area is 144 Å². The van der Waals surface area contributed by atoms with Gasteiger partial charge in [-0.1, -0.05) is 10.3 Å². The summed E-state index contributed by atoms with van der Waals surface area (Å²) in [6.45, 7) is 6.29. The van der Waals surface area contributed by atoms with Gasteiger partial charge in [-0.2, -0.15) is 4.98 Å². The van der Waals surface area contributed by atoms with Gasteiger partial charge in [-0.25, -0.2) is 0 Å². The lowest BCUT2D eigenvalue weighted by atomic mass is 10.0. The van der Waals surface area contributed by atoms with Crippen LogP contribution in [0.15, 0.2) is 9.05 Å². The van der Waals surface area contributed by atoms with Crippen LogP contribution in [0.4, 0.5) is 0 Å². The van der Waals surface area contributed by atoms with Gasteiger partial charge in [0.05, 0.1) is 12.1 Å². The van der Waals surface area contributed by atoms with Gasteiger partial charge < -0.3 is 19.3 Å². The summed E-state index contributed by atoms with van der Waals surface area (Å²) in [5.74, 6) is 1.29. The first-order valence-electron chi connectivity index (χ1n) is 8.24. The van der Waals surface area contributed by atoms with E-state index in [2.05, 4.69) is 20.6 Å². The van der Waals surface area contributed by atoms with Crippen molar-refractivity contribution in [2.75, 3.05) is 13.1 Å². The number of aryl methyl sites for hydroxylation is 3. The number of hydrogen-bond donors (Lipinski definition) is 1. The van der Waals surface area contributed by atoms with E-state index in [-0.39, 0.29) is 24.7 Å². The summed E-state index contributed by atoms with van der Waals surface area (Å²) in [5.41, 5.74) is 1.73. The van der Waals surface area contributed by atoms with E-state index in [0.717, 1.165) is 17.0 Å². The second-order valence-electron chi connectivity index (χ2n) is 6.14. The smallest absolute Gasteiger partial charge is 0.243 e.